The molecule has 0 aliphatic rings. The van der Waals surface area contributed by atoms with E-state index in [-0.39, 0.29) is 0 Å². The van der Waals surface area contributed by atoms with Crippen molar-refractivity contribution in [1.29, 1.82) is 0 Å². The number of nitrogens with zero attached hydrogens (tertiary/aromatic N) is 3. The molecule has 0 saturated heterocycles. The monoisotopic (exact) mass is 330 g/mol. The Bertz CT molecular complexity index is 1020. The van der Waals surface area contributed by atoms with Gasteiger partial charge in [-0.15, -0.1) is 0 Å². The van der Waals surface area contributed by atoms with Gasteiger partial charge in [0.1, 0.15) is 0 Å². The number of hydrogen-bond donors (Lipinski definition) is 1. The van der Waals surface area contributed by atoms with Crippen molar-refractivity contribution in [2.75, 3.05) is 5.32 Å². The topological polar surface area (TPSA) is 63.8 Å². The molecule has 0 unspecified atom stereocenters. The second-order valence-electron chi connectivity index (χ2n) is 5.99. The molecular formula is C20H18N4O. The SMILES string of the molecule is Cc1cccc(CNc2ccc(-c3nc4nc(C)ccc4o3)cc2)n1. The Balaban J connectivity index is 1.50. The maximum atomic E-state index is 5.79. The molecule has 4 rings (SSSR count). The molecule has 0 aliphatic heterocycles. The van der Waals surface area contributed by atoms with E-state index in [0.29, 0.717) is 23.7 Å². The third-order valence-corrected chi connectivity index (χ3v) is 3.94. The molecule has 0 spiro atoms. The number of rotatable bonds is 4. The molecule has 5 nitrogen and oxygen atoms in total. The van der Waals surface area contributed by atoms with E-state index in [2.05, 4.69) is 20.3 Å². The summed E-state index contributed by atoms with van der Waals surface area (Å²) < 4.78 is 5.79. The van der Waals surface area contributed by atoms with E-state index in [4.69, 9.17) is 4.42 Å². The third kappa shape index (κ3) is 3.35. The lowest BCUT2D eigenvalue weighted by atomic mass is 10.2. The highest BCUT2D eigenvalue weighted by Gasteiger charge is 2.09. The first-order valence-corrected chi connectivity index (χ1v) is 8.18. The molecule has 0 saturated carbocycles. The second-order valence-corrected chi connectivity index (χ2v) is 5.99. The summed E-state index contributed by atoms with van der Waals surface area (Å²) in [7, 11) is 0. The number of pyridine rings is 2. The van der Waals surface area contributed by atoms with Crippen molar-refractivity contribution in [3.05, 3.63) is 71.7 Å². The largest absolute Gasteiger partial charge is 0.434 e. The Morgan fingerprint density at radius 3 is 2.44 bits per heavy atom. The van der Waals surface area contributed by atoms with Gasteiger partial charge in [-0.05, 0) is 62.4 Å². The van der Waals surface area contributed by atoms with Crippen LogP contribution in [0.5, 0.6) is 0 Å². The summed E-state index contributed by atoms with van der Waals surface area (Å²) in [6.07, 6.45) is 0. The van der Waals surface area contributed by atoms with Gasteiger partial charge in [-0.2, -0.15) is 4.98 Å². The average molecular weight is 330 g/mol. The van der Waals surface area contributed by atoms with Gasteiger partial charge in [-0.3, -0.25) is 4.98 Å². The lowest BCUT2D eigenvalue weighted by Crippen LogP contribution is -2.02. The molecule has 3 aromatic heterocycles. The van der Waals surface area contributed by atoms with Crippen molar-refractivity contribution in [3.63, 3.8) is 0 Å². The number of anilines is 1. The summed E-state index contributed by atoms with van der Waals surface area (Å²) in [5.41, 5.74) is 6.26. The van der Waals surface area contributed by atoms with E-state index >= 15 is 0 Å². The van der Waals surface area contributed by atoms with Gasteiger partial charge in [0.05, 0.1) is 12.2 Å². The highest BCUT2D eigenvalue weighted by molar-refractivity contribution is 5.72. The number of aromatic nitrogens is 3. The first-order valence-electron chi connectivity index (χ1n) is 8.18. The maximum Gasteiger partial charge on any atom is 0.228 e. The molecular weight excluding hydrogens is 312 g/mol. The fraction of sp³-hybridized carbons (Fsp3) is 0.150. The fourth-order valence-electron chi connectivity index (χ4n) is 2.66. The molecule has 0 bridgehead atoms. The van der Waals surface area contributed by atoms with Crippen LogP contribution in [-0.4, -0.2) is 15.0 Å². The molecule has 25 heavy (non-hydrogen) atoms. The highest BCUT2D eigenvalue weighted by Crippen LogP contribution is 2.24. The molecule has 0 aliphatic carbocycles. The van der Waals surface area contributed by atoms with Crippen LogP contribution in [0.15, 0.2) is 59.0 Å². The maximum absolute atomic E-state index is 5.79. The summed E-state index contributed by atoms with van der Waals surface area (Å²) >= 11 is 0. The van der Waals surface area contributed by atoms with E-state index in [0.717, 1.165) is 28.3 Å². The van der Waals surface area contributed by atoms with Crippen LogP contribution in [0.3, 0.4) is 0 Å². The molecule has 0 fully saturated rings. The van der Waals surface area contributed by atoms with Crippen molar-refractivity contribution >= 4 is 16.9 Å². The van der Waals surface area contributed by atoms with Crippen molar-refractivity contribution in [3.8, 4) is 11.5 Å². The van der Waals surface area contributed by atoms with Crippen LogP contribution in [0.4, 0.5) is 5.69 Å². The van der Waals surface area contributed by atoms with Crippen LogP contribution in [0, 0.1) is 13.8 Å². The van der Waals surface area contributed by atoms with E-state index < -0.39 is 0 Å². The Hall–Kier alpha value is -3.21. The van der Waals surface area contributed by atoms with Crippen molar-refractivity contribution < 1.29 is 4.42 Å². The van der Waals surface area contributed by atoms with Crippen LogP contribution < -0.4 is 5.32 Å². The van der Waals surface area contributed by atoms with Gasteiger partial charge in [0.2, 0.25) is 5.89 Å². The number of aryl methyl sites for hydroxylation is 2. The minimum atomic E-state index is 0.583. The van der Waals surface area contributed by atoms with Gasteiger partial charge < -0.3 is 9.73 Å². The lowest BCUT2D eigenvalue weighted by Gasteiger charge is -2.07. The molecule has 5 heteroatoms. The number of hydrogen-bond acceptors (Lipinski definition) is 5. The van der Waals surface area contributed by atoms with Crippen LogP contribution in [-0.2, 0) is 6.54 Å². The van der Waals surface area contributed by atoms with Gasteiger partial charge >= 0.3 is 0 Å². The molecule has 1 N–H and O–H groups in total. The zero-order valence-electron chi connectivity index (χ0n) is 14.2. The normalized spacial score (nSPS) is 11.0. The van der Waals surface area contributed by atoms with E-state index in [1.165, 1.54) is 0 Å². The van der Waals surface area contributed by atoms with E-state index in [1.54, 1.807) is 0 Å². The smallest absolute Gasteiger partial charge is 0.228 e. The van der Waals surface area contributed by atoms with Gasteiger partial charge in [0.15, 0.2) is 11.2 Å². The number of benzene rings is 1. The fourth-order valence-corrected chi connectivity index (χ4v) is 2.66. The van der Waals surface area contributed by atoms with Crippen molar-refractivity contribution in [2.45, 2.75) is 20.4 Å². The Morgan fingerprint density at radius 2 is 1.64 bits per heavy atom. The minimum absolute atomic E-state index is 0.583. The van der Waals surface area contributed by atoms with Crippen LogP contribution in [0.1, 0.15) is 17.1 Å². The first-order chi connectivity index (χ1) is 12.2. The summed E-state index contributed by atoms with van der Waals surface area (Å²) in [5, 5.41) is 3.38. The van der Waals surface area contributed by atoms with Crippen LogP contribution in [0.25, 0.3) is 22.7 Å². The van der Waals surface area contributed by atoms with E-state index in [1.807, 2.05) is 68.4 Å². The minimum Gasteiger partial charge on any atom is -0.434 e. The Labute approximate surface area is 145 Å². The predicted molar refractivity (Wildman–Crippen MR) is 98.3 cm³/mol. The summed E-state index contributed by atoms with van der Waals surface area (Å²) in [4.78, 5) is 13.3. The highest BCUT2D eigenvalue weighted by atomic mass is 16.3. The third-order valence-electron chi connectivity index (χ3n) is 3.94. The first kappa shape index (κ1) is 15.3. The summed E-state index contributed by atoms with van der Waals surface area (Å²) in [5.74, 6) is 0.583. The second kappa shape index (κ2) is 6.36. The standard InChI is InChI=1S/C20H18N4O/c1-13-4-3-5-17(22-13)12-21-16-9-7-15(8-10-16)20-24-19-18(25-20)11-6-14(2)23-19/h3-11,21H,12H2,1-2H3. The predicted octanol–water partition coefficient (Wildman–Crippen LogP) is 4.51. The molecule has 3 heterocycles. The van der Waals surface area contributed by atoms with E-state index in [9.17, 15) is 0 Å². The van der Waals surface area contributed by atoms with Crippen LogP contribution >= 0.6 is 0 Å². The Kier molecular flexibility index (Phi) is 3.90. The molecule has 124 valence electrons. The number of fused-ring (bicyclic) bond motifs is 1. The number of oxazole rings is 1. The lowest BCUT2D eigenvalue weighted by molar-refractivity contribution is 0.619. The van der Waals surface area contributed by atoms with Crippen LogP contribution in [0.2, 0.25) is 0 Å². The molecule has 0 radical (unpaired) electrons. The van der Waals surface area contributed by atoms with Crippen molar-refractivity contribution in [2.24, 2.45) is 0 Å². The van der Waals surface area contributed by atoms with Gasteiger partial charge in [-0.25, -0.2) is 4.98 Å². The zero-order chi connectivity index (χ0) is 17.2. The molecule has 4 aromatic rings. The van der Waals surface area contributed by atoms with Gasteiger partial charge in [-0.1, -0.05) is 6.07 Å². The average Bonchev–Trinajstić information content (AvgIpc) is 3.03. The zero-order valence-corrected chi connectivity index (χ0v) is 14.2. The molecule has 0 amide bonds. The van der Waals surface area contributed by atoms with Gasteiger partial charge in [0.25, 0.3) is 0 Å². The molecule has 1 aromatic carbocycles. The quantitative estimate of drug-likeness (QED) is 0.596. The van der Waals surface area contributed by atoms with Gasteiger partial charge in [0, 0.05) is 22.6 Å². The summed E-state index contributed by atoms with van der Waals surface area (Å²) in [6, 6.07) is 17.9. The Morgan fingerprint density at radius 1 is 0.840 bits per heavy atom. The summed E-state index contributed by atoms with van der Waals surface area (Å²) in [6.45, 7) is 4.62. The molecule has 0 atom stereocenters. The number of nitrogens with one attached hydrogen (secondary N) is 1. The van der Waals surface area contributed by atoms with Crippen molar-refractivity contribution in [1.82, 2.24) is 15.0 Å².